The van der Waals surface area contributed by atoms with Crippen LogP contribution in [0.3, 0.4) is 0 Å². The van der Waals surface area contributed by atoms with Gasteiger partial charge in [0.25, 0.3) is 5.91 Å². The molecule has 1 aromatic rings. The van der Waals surface area contributed by atoms with Crippen molar-refractivity contribution in [3.8, 4) is 0 Å². The molecule has 0 saturated heterocycles. The number of nitrogens with one attached hydrogen (secondary N) is 3. The number of carboxylic acid groups (broad SMARTS) is 1. The maximum Gasteiger partial charge on any atom is 0.303 e. The summed E-state index contributed by atoms with van der Waals surface area (Å²) in [5.74, 6) is -1.70. The molecule has 1 aromatic carbocycles. The van der Waals surface area contributed by atoms with E-state index in [0.717, 1.165) is 51.4 Å². The highest BCUT2D eigenvalue weighted by Gasteiger charge is 2.22. The molecule has 0 bridgehead atoms. The summed E-state index contributed by atoms with van der Waals surface area (Å²) in [5, 5.41) is 18.2. The first kappa shape index (κ1) is 21.4. The summed E-state index contributed by atoms with van der Waals surface area (Å²) >= 11 is 0. The lowest BCUT2D eigenvalue weighted by Gasteiger charge is -2.25. The smallest absolute Gasteiger partial charge is 0.303 e. The van der Waals surface area contributed by atoms with E-state index in [0.29, 0.717) is 23.8 Å². The molecule has 1 amide bonds. The molecule has 0 aromatic heterocycles. The number of carbonyl (C=O) groups excluding carboxylic acids is 1. The second-order valence-electron chi connectivity index (χ2n) is 8.24. The van der Waals surface area contributed by atoms with Crippen LogP contribution in [0.4, 0.5) is 15.8 Å². The Balaban J connectivity index is 1.74. The molecular weight excluding hydrogens is 373 g/mol. The van der Waals surface area contributed by atoms with Crippen molar-refractivity contribution in [3.63, 3.8) is 0 Å². The van der Waals surface area contributed by atoms with E-state index in [-0.39, 0.29) is 30.5 Å². The van der Waals surface area contributed by atoms with Gasteiger partial charge in [-0.15, -0.1) is 0 Å². The van der Waals surface area contributed by atoms with Crippen LogP contribution in [0.15, 0.2) is 12.1 Å². The third-order valence-electron chi connectivity index (χ3n) is 5.88. The van der Waals surface area contributed by atoms with Crippen LogP contribution in [0.5, 0.6) is 0 Å². The second-order valence-corrected chi connectivity index (χ2v) is 8.24. The van der Waals surface area contributed by atoms with E-state index in [1.54, 1.807) is 6.07 Å². The van der Waals surface area contributed by atoms with Crippen LogP contribution in [0.2, 0.25) is 0 Å². The topological polar surface area (TPSA) is 90.5 Å². The van der Waals surface area contributed by atoms with E-state index in [4.69, 9.17) is 5.11 Å². The molecule has 160 valence electrons. The lowest BCUT2D eigenvalue weighted by atomic mass is 9.95. The highest BCUT2D eigenvalue weighted by atomic mass is 19.1. The van der Waals surface area contributed by atoms with Crippen LogP contribution in [-0.4, -0.2) is 35.6 Å². The van der Waals surface area contributed by atoms with Gasteiger partial charge in [-0.25, -0.2) is 4.39 Å². The molecule has 0 unspecified atom stereocenters. The summed E-state index contributed by atoms with van der Waals surface area (Å²) in [6.45, 7) is 0.248. The van der Waals surface area contributed by atoms with Crippen LogP contribution in [0, 0.1) is 5.82 Å². The van der Waals surface area contributed by atoms with Gasteiger partial charge in [0.2, 0.25) is 0 Å². The average molecular weight is 406 g/mol. The van der Waals surface area contributed by atoms with Crippen molar-refractivity contribution in [2.24, 2.45) is 0 Å². The minimum atomic E-state index is -0.896. The summed E-state index contributed by atoms with van der Waals surface area (Å²) < 4.78 is 14.8. The maximum atomic E-state index is 14.8. The molecule has 29 heavy (non-hydrogen) atoms. The fraction of sp³-hybridized carbons (Fsp3) is 0.636. The van der Waals surface area contributed by atoms with Gasteiger partial charge in [0, 0.05) is 30.7 Å². The number of carboxylic acids is 1. The third kappa shape index (κ3) is 6.34. The lowest BCUT2D eigenvalue weighted by molar-refractivity contribution is -0.137. The quantitative estimate of drug-likeness (QED) is 0.454. The largest absolute Gasteiger partial charge is 0.481 e. The molecule has 0 aliphatic heterocycles. The third-order valence-corrected chi connectivity index (χ3v) is 5.88. The number of aliphatic carboxylic acids is 1. The molecule has 0 heterocycles. The van der Waals surface area contributed by atoms with Crippen LogP contribution in [-0.2, 0) is 4.79 Å². The summed E-state index contributed by atoms with van der Waals surface area (Å²) in [6, 6.07) is 3.60. The molecule has 0 atom stereocenters. The van der Waals surface area contributed by atoms with Gasteiger partial charge in [0.1, 0.15) is 5.82 Å². The number of amides is 1. The normalized spacial score (nSPS) is 17.8. The van der Waals surface area contributed by atoms with E-state index < -0.39 is 11.8 Å². The van der Waals surface area contributed by atoms with Crippen molar-refractivity contribution in [2.75, 3.05) is 17.2 Å². The Kier molecular flexibility index (Phi) is 7.72. The molecule has 0 spiro atoms. The monoisotopic (exact) mass is 405 g/mol. The number of anilines is 2. The number of benzene rings is 1. The van der Waals surface area contributed by atoms with Crippen LogP contribution in [0.1, 0.15) is 81.0 Å². The first-order chi connectivity index (χ1) is 14.0. The van der Waals surface area contributed by atoms with Gasteiger partial charge in [0.05, 0.1) is 11.3 Å². The number of hydrogen-bond donors (Lipinski definition) is 4. The molecule has 2 aliphatic rings. The number of rotatable bonds is 9. The van der Waals surface area contributed by atoms with E-state index in [2.05, 4.69) is 16.0 Å². The molecular formula is C22H32FN3O3. The number of carbonyl (C=O) groups is 2. The minimum Gasteiger partial charge on any atom is -0.481 e. The van der Waals surface area contributed by atoms with Crippen molar-refractivity contribution < 1.29 is 19.1 Å². The van der Waals surface area contributed by atoms with Crippen LogP contribution < -0.4 is 16.0 Å². The Morgan fingerprint density at radius 2 is 1.52 bits per heavy atom. The number of hydrogen-bond acceptors (Lipinski definition) is 4. The van der Waals surface area contributed by atoms with Crippen LogP contribution >= 0.6 is 0 Å². The average Bonchev–Trinajstić information content (AvgIpc) is 3.21. The summed E-state index contributed by atoms with van der Waals surface area (Å²) in [7, 11) is 0. The standard InChI is InChI=1S/C22H32FN3O3/c23-18-13-17(22(29)24-12-6-11-21(27)28)19(25-15-9-4-5-10-15)14-20(18)26-16-7-2-1-3-8-16/h13-16,25-26H,1-12H2,(H,24,29)(H,27,28). The predicted molar refractivity (Wildman–Crippen MR) is 112 cm³/mol. The van der Waals surface area contributed by atoms with Gasteiger partial charge < -0.3 is 21.1 Å². The van der Waals surface area contributed by atoms with E-state index in [1.165, 1.54) is 12.5 Å². The van der Waals surface area contributed by atoms with E-state index in [9.17, 15) is 14.0 Å². The van der Waals surface area contributed by atoms with Gasteiger partial charge in [0.15, 0.2) is 0 Å². The Hall–Kier alpha value is -2.31. The highest BCUT2D eigenvalue weighted by Crippen LogP contribution is 2.31. The minimum absolute atomic E-state index is 0.00787. The Labute approximate surface area is 171 Å². The van der Waals surface area contributed by atoms with Crippen molar-refractivity contribution in [3.05, 3.63) is 23.5 Å². The first-order valence-electron chi connectivity index (χ1n) is 10.9. The molecule has 0 radical (unpaired) electrons. The van der Waals surface area contributed by atoms with Gasteiger partial charge >= 0.3 is 5.97 Å². The van der Waals surface area contributed by atoms with Gasteiger partial charge in [-0.2, -0.15) is 0 Å². The Morgan fingerprint density at radius 3 is 2.14 bits per heavy atom. The van der Waals surface area contributed by atoms with Gasteiger partial charge in [-0.3, -0.25) is 9.59 Å². The first-order valence-corrected chi connectivity index (χ1v) is 10.9. The SMILES string of the molecule is O=C(O)CCCNC(=O)c1cc(F)c(NC2CCCCC2)cc1NC1CCCC1. The Morgan fingerprint density at radius 1 is 0.931 bits per heavy atom. The number of halogens is 1. The van der Waals surface area contributed by atoms with Gasteiger partial charge in [-0.1, -0.05) is 32.1 Å². The molecule has 4 N–H and O–H groups in total. The van der Waals surface area contributed by atoms with Crippen molar-refractivity contribution in [2.45, 2.75) is 82.7 Å². The zero-order valence-corrected chi connectivity index (χ0v) is 16.9. The van der Waals surface area contributed by atoms with Gasteiger partial charge in [-0.05, 0) is 44.2 Å². The lowest BCUT2D eigenvalue weighted by Crippen LogP contribution is -2.28. The zero-order valence-electron chi connectivity index (χ0n) is 16.9. The predicted octanol–water partition coefficient (Wildman–Crippen LogP) is 4.52. The molecule has 3 rings (SSSR count). The zero-order chi connectivity index (χ0) is 20.6. The molecule has 2 aliphatic carbocycles. The fourth-order valence-corrected chi connectivity index (χ4v) is 4.28. The molecule has 7 heteroatoms. The fourth-order valence-electron chi connectivity index (χ4n) is 4.28. The van der Waals surface area contributed by atoms with Crippen molar-refractivity contribution >= 4 is 23.3 Å². The summed E-state index contributed by atoms with van der Waals surface area (Å²) in [4.78, 5) is 23.3. The van der Waals surface area contributed by atoms with Crippen LogP contribution in [0.25, 0.3) is 0 Å². The summed E-state index contributed by atoms with van der Waals surface area (Å²) in [6.07, 6.45) is 10.4. The molecule has 2 saturated carbocycles. The molecule has 2 fully saturated rings. The van der Waals surface area contributed by atoms with E-state index >= 15 is 0 Å². The molecule has 6 nitrogen and oxygen atoms in total. The highest BCUT2D eigenvalue weighted by molar-refractivity contribution is 6.00. The van der Waals surface area contributed by atoms with Crippen molar-refractivity contribution in [1.82, 2.24) is 5.32 Å². The second kappa shape index (κ2) is 10.5. The Bertz CT molecular complexity index is 713. The summed E-state index contributed by atoms with van der Waals surface area (Å²) in [5.41, 5.74) is 1.37. The maximum absolute atomic E-state index is 14.8. The van der Waals surface area contributed by atoms with E-state index in [1.807, 2.05) is 0 Å². The van der Waals surface area contributed by atoms with Crippen molar-refractivity contribution in [1.29, 1.82) is 0 Å².